The zero-order valence-corrected chi connectivity index (χ0v) is 12.4. The van der Waals surface area contributed by atoms with Crippen molar-refractivity contribution in [2.75, 3.05) is 0 Å². The Morgan fingerprint density at radius 3 is 2.38 bits per heavy atom. The summed E-state index contributed by atoms with van der Waals surface area (Å²) in [7, 11) is -3.85. The SMILES string of the molecule is C=C(C)OS(=O)(=O)c1cccc2c1ccc1ccccc12. The molecule has 3 rings (SSSR count). The maximum Gasteiger partial charge on any atom is 0.339 e. The van der Waals surface area contributed by atoms with Crippen molar-refractivity contribution < 1.29 is 12.6 Å². The summed E-state index contributed by atoms with van der Waals surface area (Å²) in [5.74, 6) is 0.146. The zero-order valence-electron chi connectivity index (χ0n) is 11.5. The van der Waals surface area contributed by atoms with Crippen LogP contribution in [0.1, 0.15) is 6.92 Å². The third-order valence-corrected chi connectivity index (χ3v) is 4.67. The van der Waals surface area contributed by atoms with Crippen LogP contribution in [0, 0.1) is 0 Å². The van der Waals surface area contributed by atoms with Crippen LogP contribution in [-0.4, -0.2) is 8.42 Å². The van der Waals surface area contributed by atoms with Gasteiger partial charge in [0.1, 0.15) is 10.7 Å². The van der Waals surface area contributed by atoms with E-state index in [0.717, 1.165) is 16.2 Å². The van der Waals surface area contributed by atoms with E-state index in [0.29, 0.717) is 5.39 Å². The number of benzene rings is 3. The van der Waals surface area contributed by atoms with E-state index in [9.17, 15) is 8.42 Å². The lowest BCUT2D eigenvalue weighted by Crippen LogP contribution is -2.05. The average Bonchev–Trinajstić information content (AvgIpc) is 2.45. The molecule has 3 nitrogen and oxygen atoms in total. The molecule has 0 fully saturated rings. The summed E-state index contributed by atoms with van der Waals surface area (Å²) in [6, 6.07) is 16.8. The molecule has 0 amide bonds. The highest BCUT2D eigenvalue weighted by molar-refractivity contribution is 7.87. The van der Waals surface area contributed by atoms with Crippen molar-refractivity contribution in [2.45, 2.75) is 11.8 Å². The molecule has 0 bridgehead atoms. The molecule has 0 atom stereocenters. The fraction of sp³-hybridized carbons (Fsp3) is 0.0588. The van der Waals surface area contributed by atoms with Crippen molar-refractivity contribution in [1.82, 2.24) is 0 Å². The molecule has 3 aromatic rings. The summed E-state index contributed by atoms with van der Waals surface area (Å²) >= 11 is 0. The molecule has 0 radical (unpaired) electrons. The summed E-state index contributed by atoms with van der Waals surface area (Å²) in [6.45, 7) is 5.01. The molecule has 21 heavy (non-hydrogen) atoms. The summed E-state index contributed by atoms with van der Waals surface area (Å²) in [5, 5.41) is 3.62. The van der Waals surface area contributed by atoms with Crippen LogP contribution in [0.25, 0.3) is 21.5 Å². The van der Waals surface area contributed by atoms with Crippen molar-refractivity contribution in [3.63, 3.8) is 0 Å². The predicted octanol–water partition coefficient (Wildman–Crippen LogP) is 4.23. The second-order valence-electron chi connectivity index (χ2n) is 4.88. The largest absolute Gasteiger partial charge is 0.384 e. The van der Waals surface area contributed by atoms with Gasteiger partial charge in [-0.2, -0.15) is 8.42 Å². The van der Waals surface area contributed by atoms with Gasteiger partial charge in [0, 0.05) is 5.39 Å². The number of allylic oxidation sites excluding steroid dienone is 1. The molecule has 3 aromatic carbocycles. The van der Waals surface area contributed by atoms with Crippen LogP contribution in [0.4, 0.5) is 0 Å². The van der Waals surface area contributed by atoms with Gasteiger partial charge < -0.3 is 4.18 Å². The van der Waals surface area contributed by atoms with E-state index in [1.54, 1.807) is 12.1 Å². The average molecular weight is 298 g/mol. The van der Waals surface area contributed by atoms with E-state index < -0.39 is 10.1 Å². The van der Waals surface area contributed by atoms with Crippen LogP contribution in [0.5, 0.6) is 0 Å². The highest BCUT2D eigenvalue weighted by Crippen LogP contribution is 2.30. The van der Waals surface area contributed by atoms with Crippen molar-refractivity contribution in [3.05, 3.63) is 66.9 Å². The first-order chi connectivity index (χ1) is 9.99. The quantitative estimate of drug-likeness (QED) is 0.413. The minimum Gasteiger partial charge on any atom is -0.384 e. The third-order valence-electron chi connectivity index (χ3n) is 3.27. The van der Waals surface area contributed by atoms with Crippen molar-refractivity contribution >= 4 is 31.7 Å². The molecule has 106 valence electrons. The minimum absolute atomic E-state index is 0.146. The lowest BCUT2D eigenvalue weighted by molar-refractivity contribution is 0.411. The lowest BCUT2D eigenvalue weighted by atomic mass is 10.0. The topological polar surface area (TPSA) is 43.4 Å². The standard InChI is InChI=1S/C17H14O3S/c1-12(2)20-21(18,19)17-9-5-8-15-14-7-4-3-6-13(14)10-11-16(15)17/h3-11H,1H2,2H3. The number of hydrogen-bond acceptors (Lipinski definition) is 3. The highest BCUT2D eigenvalue weighted by Gasteiger charge is 2.19. The van der Waals surface area contributed by atoms with Gasteiger partial charge in [-0.1, -0.05) is 55.1 Å². The van der Waals surface area contributed by atoms with Crippen LogP contribution in [-0.2, 0) is 14.3 Å². The van der Waals surface area contributed by atoms with E-state index in [-0.39, 0.29) is 10.7 Å². The first-order valence-electron chi connectivity index (χ1n) is 6.49. The van der Waals surface area contributed by atoms with Gasteiger partial charge in [-0.05, 0) is 29.1 Å². The van der Waals surface area contributed by atoms with Crippen molar-refractivity contribution in [2.24, 2.45) is 0 Å². The van der Waals surface area contributed by atoms with Crippen LogP contribution in [0.3, 0.4) is 0 Å². The van der Waals surface area contributed by atoms with E-state index in [4.69, 9.17) is 4.18 Å². The van der Waals surface area contributed by atoms with Gasteiger partial charge in [0.05, 0.1) is 0 Å². The summed E-state index contributed by atoms with van der Waals surface area (Å²) < 4.78 is 29.5. The fourth-order valence-corrected chi connectivity index (χ4v) is 3.62. The Balaban J connectivity index is 2.36. The molecule has 0 aliphatic heterocycles. The number of fused-ring (bicyclic) bond motifs is 3. The summed E-state index contributed by atoms with van der Waals surface area (Å²) in [6.07, 6.45) is 0. The maximum atomic E-state index is 12.3. The Kier molecular flexibility index (Phi) is 3.18. The monoisotopic (exact) mass is 298 g/mol. The third kappa shape index (κ3) is 2.38. The molecule has 0 heterocycles. The molecule has 0 aromatic heterocycles. The lowest BCUT2D eigenvalue weighted by Gasteiger charge is -2.10. The van der Waals surface area contributed by atoms with Gasteiger partial charge in [0.2, 0.25) is 0 Å². The Morgan fingerprint density at radius 2 is 1.62 bits per heavy atom. The van der Waals surface area contributed by atoms with Gasteiger partial charge in [0.25, 0.3) is 0 Å². The molecule has 0 saturated heterocycles. The Labute approximate surface area is 123 Å². The van der Waals surface area contributed by atoms with Gasteiger partial charge in [0.15, 0.2) is 0 Å². The van der Waals surface area contributed by atoms with Gasteiger partial charge in [-0.25, -0.2) is 0 Å². The molecule has 0 N–H and O–H groups in total. The first-order valence-corrected chi connectivity index (χ1v) is 7.90. The van der Waals surface area contributed by atoms with Crippen molar-refractivity contribution in [1.29, 1.82) is 0 Å². The number of rotatable bonds is 3. The second kappa shape index (κ2) is 4.90. The van der Waals surface area contributed by atoms with Crippen LogP contribution >= 0.6 is 0 Å². The molecular formula is C17H14O3S. The summed E-state index contributed by atoms with van der Waals surface area (Å²) in [5.41, 5.74) is 0. The van der Waals surface area contributed by atoms with Gasteiger partial charge >= 0.3 is 10.1 Å². The molecule has 0 saturated carbocycles. The van der Waals surface area contributed by atoms with Crippen LogP contribution in [0.15, 0.2) is 71.8 Å². The van der Waals surface area contributed by atoms with E-state index in [1.165, 1.54) is 6.92 Å². The zero-order chi connectivity index (χ0) is 15.0. The summed E-state index contributed by atoms with van der Waals surface area (Å²) in [4.78, 5) is 0.161. The molecular weight excluding hydrogens is 284 g/mol. The second-order valence-corrected chi connectivity index (χ2v) is 6.39. The Hall–Kier alpha value is -2.33. The van der Waals surface area contributed by atoms with Gasteiger partial charge in [-0.15, -0.1) is 0 Å². The van der Waals surface area contributed by atoms with E-state index >= 15 is 0 Å². The van der Waals surface area contributed by atoms with E-state index in [1.807, 2.05) is 42.5 Å². The predicted molar refractivity (Wildman–Crippen MR) is 84.5 cm³/mol. The molecule has 0 spiro atoms. The molecule has 0 unspecified atom stereocenters. The Bertz CT molecular complexity index is 956. The van der Waals surface area contributed by atoms with Gasteiger partial charge in [-0.3, -0.25) is 0 Å². The smallest absolute Gasteiger partial charge is 0.339 e. The van der Waals surface area contributed by atoms with Crippen molar-refractivity contribution in [3.8, 4) is 0 Å². The van der Waals surface area contributed by atoms with Crippen LogP contribution in [0.2, 0.25) is 0 Å². The molecule has 0 aliphatic carbocycles. The molecule has 4 heteroatoms. The minimum atomic E-state index is -3.85. The highest BCUT2D eigenvalue weighted by atomic mass is 32.2. The normalized spacial score (nSPS) is 11.7. The van der Waals surface area contributed by atoms with Crippen LogP contribution < -0.4 is 0 Å². The Morgan fingerprint density at radius 1 is 0.905 bits per heavy atom. The number of hydrogen-bond donors (Lipinski definition) is 0. The molecule has 0 aliphatic rings. The maximum absolute atomic E-state index is 12.3. The fourth-order valence-electron chi connectivity index (χ4n) is 2.46. The van der Waals surface area contributed by atoms with E-state index in [2.05, 4.69) is 6.58 Å². The first kappa shape index (κ1) is 13.6.